The van der Waals surface area contributed by atoms with E-state index in [1.165, 1.54) is 12.1 Å². The maximum atomic E-state index is 13.1. The van der Waals surface area contributed by atoms with Gasteiger partial charge in [-0.15, -0.1) is 0 Å². The highest BCUT2D eigenvalue weighted by atomic mass is 79.9. The molecule has 0 saturated heterocycles. The van der Waals surface area contributed by atoms with Crippen molar-refractivity contribution in [2.75, 3.05) is 5.32 Å². The summed E-state index contributed by atoms with van der Waals surface area (Å²) in [5, 5.41) is 3.54. The van der Waals surface area contributed by atoms with Gasteiger partial charge in [-0.1, -0.05) is 11.6 Å². The Morgan fingerprint density at radius 2 is 2.18 bits per heavy atom. The zero-order valence-electron chi connectivity index (χ0n) is 8.75. The molecule has 5 heteroatoms. The molecule has 0 atom stereocenters. The first-order valence-electron chi connectivity index (χ1n) is 4.94. The standard InChI is InChI=1S/C12H9BrClFN2/c13-12-11(2-1-3-16-12)17-7-8-4-9(14)6-10(15)5-8/h1-6,17H,7H2. The third-order valence-corrected chi connectivity index (χ3v) is 3.01. The summed E-state index contributed by atoms with van der Waals surface area (Å²) in [6.45, 7) is 0.488. The van der Waals surface area contributed by atoms with Gasteiger partial charge in [0.15, 0.2) is 0 Å². The molecule has 0 amide bonds. The van der Waals surface area contributed by atoms with Crippen molar-refractivity contribution in [3.8, 4) is 0 Å². The van der Waals surface area contributed by atoms with E-state index in [2.05, 4.69) is 26.2 Å². The van der Waals surface area contributed by atoms with Crippen LogP contribution >= 0.6 is 27.5 Å². The molecule has 2 rings (SSSR count). The first-order chi connectivity index (χ1) is 8.15. The highest BCUT2D eigenvalue weighted by Crippen LogP contribution is 2.20. The van der Waals surface area contributed by atoms with Crippen LogP contribution in [0.1, 0.15) is 5.56 Å². The first-order valence-corrected chi connectivity index (χ1v) is 6.11. The Balaban J connectivity index is 2.10. The van der Waals surface area contributed by atoms with Crippen LogP contribution in [0.3, 0.4) is 0 Å². The summed E-state index contributed by atoms with van der Waals surface area (Å²) < 4.78 is 13.8. The number of nitrogens with zero attached hydrogens (tertiary/aromatic N) is 1. The van der Waals surface area contributed by atoms with Crippen LogP contribution < -0.4 is 5.32 Å². The van der Waals surface area contributed by atoms with Gasteiger partial charge < -0.3 is 5.32 Å². The molecular formula is C12H9BrClFN2. The lowest BCUT2D eigenvalue weighted by molar-refractivity contribution is 0.626. The Morgan fingerprint density at radius 3 is 2.88 bits per heavy atom. The van der Waals surface area contributed by atoms with Crippen LogP contribution in [0.15, 0.2) is 41.1 Å². The van der Waals surface area contributed by atoms with Crippen LogP contribution in [0, 0.1) is 5.82 Å². The SMILES string of the molecule is Fc1cc(Cl)cc(CNc2cccnc2Br)c1. The van der Waals surface area contributed by atoms with Crippen LogP contribution in [-0.4, -0.2) is 4.98 Å². The van der Waals surface area contributed by atoms with Gasteiger partial charge in [0.05, 0.1) is 5.69 Å². The second-order valence-corrected chi connectivity index (χ2v) is 4.66. The molecule has 17 heavy (non-hydrogen) atoms. The number of nitrogens with one attached hydrogen (secondary N) is 1. The lowest BCUT2D eigenvalue weighted by Gasteiger charge is -2.08. The maximum absolute atomic E-state index is 13.1. The van der Waals surface area contributed by atoms with Gasteiger partial charge in [-0.2, -0.15) is 0 Å². The molecule has 2 nitrogen and oxygen atoms in total. The van der Waals surface area contributed by atoms with Gasteiger partial charge in [0, 0.05) is 17.8 Å². The molecule has 0 saturated carbocycles. The molecule has 0 fully saturated rings. The third kappa shape index (κ3) is 3.41. The van der Waals surface area contributed by atoms with Crippen molar-refractivity contribution < 1.29 is 4.39 Å². The fourth-order valence-electron chi connectivity index (χ4n) is 1.43. The van der Waals surface area contributed by atoms with E-state index in [1.54, 1.807) is 12.3 Å². The van der Waals surface area contributed by atoms with Gasteiger partial charge >= 0.3 is 0 Å². The Morgan fingerprint density at radius 1 is 1.35 bits per heavy atom. The van der Waals surface area contributed by atoms with Crippen molar-refractivity contribution in [2.45, 2.75) is 6.54 Å². The van der Waals surface area contributed by atoms with Crippen molar-refractivity contribution in [3.63, 3.8) is 0 Å². The quantitative estimate of drug-likeness (QED) is 0.857. The normalized spacial score (nSPS) is 10.3. The fourth-order valence-corrected chi connectivity index (χ4v) is 2.06. The number of halogens is 3. The molecule has 0 radical (unpaired) electrons. The molecule has 1 aromatic heterocycles. The van der Waals surface area contributed by atoms with E-state index >= 15 is 0 Å². The van der Waals surface area contributed by atoms with Gasteiger partial charge in [0.2, 0.25) is 0 Å². The minimum Gasteiger partial charge on any atom is -0.379 e. The lowest BCUT2D eigenvalue weighted by atomic mass is 10.2. The summed E-state index contributed by atoms with van der Waals surface area (Å²) in [4.78, 5) is 4.08. The highest BCUT2D eigenvalue weighted by molar-refractivity contribution is 9.10. The van der Waals surface area contributed by atoms with Crippen molar-refractivity contribution in [3.05, 3.63) is 57.5 Å². The topological polar surface area (TPSA) is 24.9 Å². The zero-order chi connectivity index (χ0) is 12.3. The minimum atomic E-state index is -0.334. The first kappa shape index (κ1) is 12.3. The highest BCUT2D eigenvalue weighted by Gasteiger charge is 2.02. The van der Waals surface area contributed by atoms with Gasteiger partial charge in [-0.25, -0.2) is 9.37 Å². The number of hydrogen-bond acceptors (Lipinski definition) is 2. The lowest BCUT2D eigenvalue weighted by Crippen LogP contribution is -2.01. The average molecular weight is 316 g/mol. The van der Waals surface area contributed by atoms with E-state index in [9.17, 15) is 4.39 Å². The third-order valence-electron chi connectivity index (χ3n) is 2.16. The molecule has 0 bridgehead atoms. The summed E-state index contributed by atoms with van der Waals surface area (Å²) in [6.07, 6.45) is 1.69. The number of pyridine rings is 1. The molecule has 0 spiro atoms. The van der Waals surface area contributed by atoms with E-state index in [1.807, 2.05) is 12.1 Å². The average Bonchev–Trinajstić information content (AvgIpc) is 2.27. The molecule has 1 heterocycles. The van der Waals surface area contributed by atoms with E-state index in [-0.39, 0.29) is 5.82 Å². The second kappa shape index (κ2) is 5.47. The number of aromatic nitrogens is 1. The van der Waals surface area contributed by atoms with E-state index in [4.69, 9.17) is 11.6 Å². The molecule has 1 N–H and O–H groups in total. The molecule has 2 aromatic rings. The fraction of sp³-hybridized carbons (Fsp3) is 0.0833. The van der Waals surface area contributed by atoms with Gasteiger partial charge in [0.1, 0.15) is 10.4 Å². The molecule has 1 aromatic carbocycles. The molecule has 0 unspecified atom stereocenters. The van der Waals surface area contributed by atoms with Crippen molar-refractivity contribution in [1.82, 2.24) is 4.98 Å². The van der Waals surface area contributed by atoms with Crippen LogP contribution in [0.4, 0.5) is 10.1 Å². The largest absolute Gasteiger partial charge is 0.379 e. The minimum absolute atomic E-state index is 0.334. The summed E-state index contributed by atoms with van der Waals surface area (Å²) in [5.41, 5.74) is 1.64. The molecular weight excluding hydrogens is 307 g/mol. The van der Waals surface area contributed by atoms with Crippen molar-refractivity contribution in [1.29, 1.82) is 0 Å². The monoisotopic (exact) mass is 314 g/mol. The predicted molar refractivity (Wildman–Crippen MR) is 70.7 cm³/mol. The van der Waals surface area contributed by atoms with Gasteiger partial charge in [-0.3, -0.25) is 0 Å². The molecule has 0 aliphatic rings. The van der Waals surface area contributed by atoms with Crippen molar-refractivity contribution >= 4 is 33.2 Å². The Bertz CT molecular complexity index is 513. The molecule has 0 aliphatic heterocycles. The van der Waals surface area contributed by atoms with Crippen LogP contribution in [0.25, 0.3) is 0 Å². The maximum Gasteiger partial charge on any atom is 0.129 e. The van der Waals surface area contributed by atoms with Gasteiger partial charge in [0.25, 0.3) is 0 Å². The summed E-state index contributed by atoms with van der Waals surface area (Å²) in [5.74, 6) is -0.334. The van der Waals surface area contributed by atoms with Crippen molar-refractivity contribution in [2.24, 2.45) is 0 Å². The number of rotatable bonds is 3. The molecule has 0 aliphatic carbocycles. The van der Waals surface area contributed by atoms with Crippen LogP contribution in [-0.2, 0) is 6.54 Å². The Labute approximate surface area is 112 Å². The van der Waals surface area contributed by atoms with E-state index in [0.717, 1.165) is 15.9 Å². The number of hydrogen-bond donors (Lipinski definition) is 1. The number of benzene rings is 1. The summed E-state index contributed by atoms with van der Waals surface area (Å²) in [6, 6.07) is 8.17. The van der Waals surface area contributed by atoms with Crippen LogP contribution in [0.5, 0.6) is 0 Å². The summed E-state index contributed by atoms with van der Waals surface area (Å²) in [7, 11) is 0. The number of anilines is 1. The van der Waals surface area contributed by atoms with E-state index in [0.29, 0.717) is 11.6 Å². The molecule has 88 valence electrons. The summed E-state index contributed by atoms with van der Waals surface area (Å²) >= 11 is 9.10. The van der Waals surface area contributed by atoms with E-state index < -0.39 is 0 Å². The van der Waals surface area contributed by atoms with Crippen LogP contribution in [0.2, 0.25) is 5.02 Å². The zero-order valence-corrected chi connectivity index (χ0v) is 11.1. The second-order valence-electron chi connectivity index (χ2n) is 3.47. The van der Waals surface area contributed by atoms with Gasteiger partial charge in [-0.05, 0) is 51.8 Å². The Hall–Kier alpha value is -1.13. The Kier molecular flexibility index (Phi) is 3.97. The smallest absolute Gasteiger partial charge is 0.129 e. The predicted octanol–water partition coefficient (Wildman–Crippen LogP) is 4.25.